The predicted molar refractivity (Wildman–Crippen MR) is 45.3 cm³/mol. The van der Waals surface area contributed by atoms with E-state index >= 15 is 0 Å². The van der Waals surface area contributed by atoms with Crippen LogP contribution in [-0.4, -0.2) is 36.9 Å². The van der Waals surface area contributed by atoms with Gasteiger partial charge < -0.3 is 0 Å². The molecule has 1 atom stereocenters. The third kappa shape index (κ3) is 2.15. The number of hydrogen-bond acceptors (Lipinski definition) is 3. The molecular formula is C8H15F2N3. The van der Waals surface area contributed by atoms with Crippen LogP contribution in [0.15, 0.2) is 0 Å². The van der Waals surface area contributed by atoms with Crippen molar-refractivity contribution in [1.29, 1.82) is 0 Å². The molecule has 0 aromatic carbocycles. The zero-order valence-corrected chi connectivity index (χ0v) is 7.52. The summed E-state index contributed by atoms with van der Waals surface area (Å²) in [4.78, 5) is 2.05. The van der Waals surface area contributed by atoms with Crippen LogP contribution in [0, 0.1) is 0 Å². The van der Waals surface area contributed by atoms with Crippen LogP contribution in [0.4, 0.5) is 8.78 Å². The molecule has 13 heavy (non-hydrogen) atoms. The van der Waals surface area contributed by atoms with Crippen LogP contribution in [0.2, 0.25) is 0 Å². The number of nitrogens with one attached hydrogen (secondary N) is 2. The van der Waals surface area contributed by atoms with E-state index in [1.54, 1.807) is 0 Å². The Kier molecular flexibility index (Phi) is 2.49. The van der Waals surface area contributed by atoms with Gasteiger partial charge in [0.25, 0.3) is 0 Å². The quantitative estimate of drug-likeness (QED) is 0.633. The molecule has 1 saturated heterocycles. The van der Waals surface area contributed by atoms with Crippen molar-refractivity contribution in [3.05, 3.63) is 0 Å². The molecule has 0 spiro atoms. The van der Waals surface area contributed by atoms with E-state index in [1.165, 1.54) is 0 Å². The van der Waals surface area contributed by atoms with E-state index in [9.17, 15) is 8.78 Å². The maximum absolute atomic E-state index is 12.9. The van der Waals surface area contributed by atoms with E-state index < -0.39 is 5.92 Å². The van der Waals surface area contributed by atoms with Crippen molar-refractivity contribution in [3.8, 4) is 0 Å². The molecule has 1 aliphatic heterocycles. The van der Waals surface area contributed by atoms with Gasteiger partial charge in [-0.1, -0.05) is 0 Å². The Morgan fingerprint density at radius 1 is 1.23 bits per heavy atom. The second-order valence-electron chi connectivity index (χ2n) is 3.83. The number of alkyl halides is 2. The molecule has 2 aliphatic rings. The lowest BCUT2D eigenvalue weighted by atomic mass is 10.2. The van der Waals surface area contributed by atoms with E-state index in [1.807, 2.05) is 4.90 Å². The van der Waals surface area contributed by atoms with Gasteiger partial charge in [-0.05, 0) is 6.42 Å². The fourth-order valence-corrected chi connectivity index (χ4v) is 2.04. The Hall–Kier alpha value is -0.260. The Bertz CT molecular complexity index is 180. The van der Waals surface area contributed by atoms with Gasteiger partial charge in [0.2, 0.25) is 5.92 Å². The summed E-state index contributed by atoms with van der Waals surface area (Å²) in [6.07, 6.45) is 0.695. The van der Waals surface area contributed by atoms with Gasteiger partial charge in [-0.15, -0.1) is 0 Å². The monoisotopic (exact) mass is 191 g/mol. The zero-order chi connectivity index (χ0) is 9.31. The Morgan fingerprint density at radius 2 is 1.92 bits per heavy atom. The Labute approximate surface area is 76.5 Å². The largest absolute Gasteiger partial charge is 0.292 e. The van der Waals surface area contributed by atoms with Crippen LogP contribution >= 0.6 is 0 Å². The molecule has 5 heteroatoms. The summed E-state index contributed by atoms with van der Waals surface area (Å²) in [5.74, 6) is -2.43. The van der Waals surface area contributed by atoms with Crippen molar-refractivity contribution < 1.29 is 8.78 Å². The average Bonchev–Trinajstić information content (AvgIpc) is 2.48. The van der Waals surface area contributed by atoms with Gasteiger partial charge in [0.1, 0.15) is 0 Å². The number of nitrogens with zero attached hydrogens (tertiary/aromatic N) is 1. The Morgan fingerprint density at radius 3 is 2.46 bits per heavy atom. The number of rotatable bonds is 1. The van der Waals surface area contributed by atoms with Gasteiger partial charge in [-0.3, -0.25) is 15.5 Å². The van der Waals surface area contributed by atoms with Crippen LogP contribution < -0.4 is 10.6 Å². The van der Waals surface area contributed by atoms with Gasteiger partial charge in [-0.25, -0.2) is 8.78 Å². The van der Waals surface area contributed by atoms with Crippen LogP contribution in [0.3, 0.4) is 0 Å². The van der Waals surface area contributed by atoms with Crippen molar-refractivity contribution in [2.45, 2.75) is 31.2 Å². The normalized spacial score (nSPS) is 35.1. The topological polar surface area (TPSA) is 27.3 Å². The minimum absolute atomic E-state index is 0.0242. The first-order valence-corrected chi connectivity index (χ1v) is 4.71. The van der Waals surface area contributed by atoms with Crippen molar-refractivity contribution in [3.63, 3.8) is 0 Å². The molecule has 0 unspecified atom stereocenters. The van der Waals surface area contributed by atoms with Gasteiger partial charge >= 0.3 is 0 Å². The van der Waals surface area contributed by atoms with Crippen LogP contribution in [0.25, 0.3) is 0 Å². The second kappa shape index (κ2) is 3.48. The minimum Gasteiger partial charge on any atom is -0.292 e. The molecule has 2 rings (SSSR count). The predicted octanol–water partition coefficient (Wildman–Crippen LogP) is 0.541. The van der Waals surface area contributed by atoms with Crippen molar-refractivity contribution in [2.24, 2.45) is 0 Å². The molecular weight excluding hydrogens is 176 g/mol. The fourth-order valence-electron chi connectivity index (χ4n) is 2.04. The summed E-state index contributed by atoms with van der Waals surface area (Å²) in [7, 11) is 0. The molecule has 0 bridgehead atoms. The summed E-state index contributed by atoms with van der Waals surface area (Å²) in [5, 5.41) is 6.22. The average molecular weight is 191 g/mol. The molecule has 76 valence electrons. The van der Waals surface area contributed by atoms with Crippen molar-refractivity contribution in [2.75, 3.05) is 20.0 Å². The molecule has 0 radical (unpaired) electrons. The summed E-state index contributed by atoms with van der Waals surface area (Å²) in [6.45, 7) is 2.24. The molecule has 1 aliphatic carbocycles. The van der Waals surface area contributed by atoms with Gasteiger partial charge in [0, 0.05) is 25.6 Å². The fraction of sp³-hybridized carbons (Fsp3) is 1.00. The first kappa shape index (κ1) is 9.30. The maximum Gasteiger partial charge on any atom is 0.249 e. The molecule has 1 heterocycles. The number of halogens is 2. The van der Waals surface area contributed by atoms with E-state index in [0.717, 1.165) is 20.0 Å². The highest BCUT2D eigenvalue weighted by Crippen LogP contribution is 2.37. The van der Waals surface area contributed by atoms with E-state index in [2.05, 4.69) is 10.6 Å². The third-order valence-corrected chi connectivity index (χ3v) is 2.77. The molecule has 2 N–H and O–H groups in total. The molecule has 1 saturated carbocycles. The Balaban J connectivity index is 1.87. The maximum atomic E-state index is 12.9. The van der Waals surface area contributed by atoms with Crippen molar-refractivity contribution in [1.82, 2.24) is 15.5 Å². The standard InChI is InChI=1S/C8H15F2N3/c9-8(10)2-1-7(3-8)13-5-11-4-12-6-13/h7,11-12H,1-6H2/t7-/m1/s1. The lowest BCUT2D eigenvalue weighted by molar-refractivity contribution is -0.00176. The molecule has 3 nitrogen and oxygen atoms in total. The van der Waals surface area contributed by atoms with E-state index in [-0.39, 0.29) is 18.9 Å². The SMILES string of the molecule is FC1(F)CC[C@@H](N2CNCNC2)C1. The first-order chi connectivity index (χ1) is 6.17. The minimum atomic E-state index is -2.43. The molecule has 0 amide bonds. The molecule has 0 aromatic rings. The van der Waals surface area contributed by atoms with Crippen LogP contribution in [-0.2, 0) is 0 Å². The lowest BCUT2D eigenvalue weighted by Crippen LogP contribution is -2.53. The molecule has 2 fully saturated rings. The van der Waals surface area contributed by atoms with Gasteiger partial charge in [0.15, 0.2) is 0 Å². The van der Waals surface area contributed by atoms with Crippen LogP contribution in [0.1, 0.15) is 19.3 Å². The number of hydrogen-bond donors (Lipinski definition) is 2. The smallest absolute Gasteiger partial charge is 0.249 e. The summed E-state index contributed by atoms with van der Waals surface area (Å²) in [6, 6.07) is 0.0512. The van der Waals surface area contributed by atoms with Crippen LogP contribution in [0.5, 0.6) is 0 Å². The van der Waals surface area contributed by atoms with E-state index in [4.69, 9.17) is 0 Å². The highest BCUT2D eigenvalue weighted by atomic mass is 19.3. The van der Waals surface area contributed by atoms with Gasteiger partial charge in [0.05, 0.1) is 13.3 Å². The molecule has 0 aromatic heterocycles. The first-order valence-electron chi connectivity index (χ1n) is 4.71. The van der Waals surface area contributed by atoms with E-state index in [0.29, 0.717) is 6.42 Å². The third-order valence-electron chi connectivity index (χ3n) is 2.77. The van der Waals surface area contributed by atoms with Gasteiger partial charge in [-0.2, -0.15) is 0 Å². The second-order valence-corrected chi connectivity index (χ2v) is 3.83. The van der Waals surface area contributed by atoms with Crippen molar-refractivity contribution >= 4 is 0 Å². The highest BCUT2D eigenvalue weighted by molar-refractivity contribution is 4.87. The summed E-state index contributed by atoms with van der Waals surface area (Å²) in [5.41, 5.74) is 0. The summed E-state index contributed by atoms with van der Waals surface area (Å²) >= 11 is 0. The highest BCUT2D eigenvalue weighted by Gasteiger charge is 2.41. The zero-order valence-electron chi connectivity index (χ0n) is 7.52. The summed E-state index contributed by atoms with van der Waals surface area (Å²) < 4.78 is 25.8. The lowest BCUT2D eigenvalue weighted by Gasteiger charge is -2.33.